The molecule has 0 bridgehead atoms. The van der Waals surface area contributed by atoms with Crippen molar-refractivity contribution in [2.75, 3.05) is 13.1 Å². The van der Waals surface area contributed by atoms with Gasteiger partial charge in [-0.25, -0.2) is 0 Å². The second-order valence-corrected chi connectivity index (χ2v) is 6.48. The van der Waals surface area contributed by atoms with Gasteiger partial charge in [0.15, 0.2) is 0 Å². The Kier molecular flexibility index (Phi) is 5.58. The molecule has 1 aliphatic rings. The molecule has 1 aromatic carbocycles. The summed E-state index contributed by atoms with van der Waals surface area (Å²) >= 11 is 0.484. The molecule has 2 rings (SSSR count). The number of thioether (sulfide) groups is 1. The first-order chi connectivity index (χ1) is 9.97. The number of alkyl halides is 2. The molecule has 1 amide bonds. The third-order valence-electron chi connectivity index (χ3n) is 3.82. The van der Waals surface area contributed by atoms with E-state index in [-0.39, 0.29) is 11.9 Å². The van der Waals surface area contributed by atoms with Crippen LogP contribution in [0.1, 0.15) is 30.1 Å². The first-order valence-electron chi connectivity index (χ1n) is 7.07. The Balaban J connectivity index is 2.02. The smallest absolute Gasteiger partial charge is 0.288 e. The van der Waals surface area contributed by atoms with Crippen LogP contribution in [0, 0.1) is 5.92 Å². The normalized spacial score (nSPS) is 20.6. The number of nitrogens with two attached hydrogens (primary N) is 1. The van der Waals surface area contributed by atoms with Gasteiger partial charge in [-0.3, -0.25) is 4.79 Å². The van der Waals surface area contributed by atoms with Gasteiger partial charge in [-0.1, -0.05) is 11.8 Å². The number of likely N-dealkylation sites (tertiary alicyclic amines) is 1. The van der Waals surface area contributed by atoms with Gasteiger partial charge in [-0.15, -0.1) is 0 Å². The van der Waals surface area contributed by atoms with Gasteiger partial charge in [-0.2, -0.15) is 8.78 Å². The Labute approximate surface area is 127 Å². The zero-order valence-electron chi connectivity index (χ0n) is 12.0. The average Bonchev–Trinajstić information content (AvgIpc) is 2.47. The lowest BCUT2D eigenvalue weighted by atomic mass is 9.92. The fraction of sp³-hybridized carbons (Fsp3) is 0.533. The quantitative estimate of drug-likeness (QED) is 0.868. The van der Waals surface area contributed by atoms with Crippen molar-refractivity contribution >= 4 is 17.7 Å². The van der Waals surface area contributed by atoms with E-state index in [1.807, 2.05) is 11.8 Å². The van der Waals surface area contributed by atoms with Crippen molar-refractivity contribution in [3.63, 3.8) is 0 Å². The molecule has 1 fully saturated rings. The fourth-order valence-corrected chi connectivity index (χ4v) is 3.08. The summed E-state index contributed by atoms with van der Waals surface area (Å²) in [4.78, 5) is 14.7. The van der Waals surface area contributed by atoms with Gasteiger partial charge in [0.25, 0.3) is 11.7 Å². The minimum absolute atomic E-state index is 0.0473. The van der Waals surface area contributed by atoms with E-state index in [0.717, 1.165) is 19.4 Å². The first kappa shape index (κ1) is 16.2. The summed E-state index contributed by atoms with van der Waals surface area (Å²) in [5, 5.41) is 0. The predicted octanol–water partition coefficient (Wildman–Crippen LogP) is 3.20. The molecule has 0 aliphatic carbocycles. The molecule has 1 aromatic rings. The number of nitrogens with zero attached hydrogens (tertiary/aromatic N) is 1. The SMILES string of the molecule is CC(N)C1CCCN(C(=O)c2ccc(SC(F)F)cc2)C1. The summed E-state index contributed by atoms with van der Waals surface area (Å²) in [6.45, 7) is 3.37. The molecule has 0 radical (unpaired) electrons. The van der Waals surface area contributed by atoms with Crippen molar-refractivity contribution < 1.29 is 13.6 Å². The van der Waals surface area contributed by atoms with Gasteiger partial charge in [-0.05, 0) is 49.9 Å². The highest BCUT2D eigenvalue weighted by Gasteiger charge is 2.26. The van der Waals surface area contributed by atoms with Gasteiger partial charge >= 0.3 is 0 Å². The van der Waals surface area contributed by atoms with Crippen LogP contribution in [0.25, 0.3) is 0 Å². The average molecular weight is 314 g/mol. The number of halogens is 2. The maximum atomic E-state index is 12.4. The van der Waals surface area contributed by atoms with Gasteiger partial charge < -0.3 is 10.6 Å². The van der Waals surface area contributed by atoms with Crippen molar-refractivity contribution in [2.24, 2.45) is 11.7 Å². The standard InChI is InChI=1S/C15H20F2N2OS/c1-10(18)12-3-2-8-19(9-12)14(20)11-4-6-13(7-5-11)21-15(16)17/h4-7,10,12,15H,2-3,8-9,18H2,1H3. The predicted molar refractivity (Wildman–Crippen MR) is 80.6 cm³/mol. The minimum atomic E-state index is -2.44. The molecule has 1 aliphatic heterocycles. The van der Waals surface area contributed by atoms with Gasteiger partial charge in [0.05, 0.1) is 0 Å². The van der Waals surface area contributed by atoms with E-state index in [1.165, 1.54) is 0 Å². The molecular weight excluding hydrogens is 294 g/mol. The zero-order chi connectivity index (χ0) is 15.4. The number of benzene rings is 1. The minimum Gasteiger partial charge on any atom is -0.338 e. The summed E-state index contributed by atoms with van der Waals surface area (Å²) in [5.41, 5.74) is 6.46. The van der Waals surface area contributed by atoms with E-state index >= 15 is 0 Å². The monoisotopic (exact) mass is 314 g/mol. The number of hydrogen-bond donors (Lipinski definition) is 1. The van der Waals surface area contributed by atoms with Crippen molar-refractivity contribution in [2.45, 2.75) is 36.5 Å². The fourth-order valence-electron chi connectivity index (χ4n) is 2.59. The van der Waals surface area contributed by atoms with Crippen LogP contribution in [0.2, 0.25) is 0 Å². The molecule has 0 aromatic heterocycles. The molecule has 0 spiro atoms. The van der Waals surface area contributed by atoms with E-state index in [0.29, 0.717) is 34.7 Å². The van der Waals surface area contributed by atoms with E-state index in [2.05, 4.69) is 0 Å². The third kappa shape index (κ3) is 4.41. The molecule has 21 heavy (non-hydrogen) atoms. The number of carbonyl (C=O) groups excluding carboxylic acids is 1. The molecule has 0 saturated carbocycles. The lowest BCUT2D eigenvalue weighted by Crippen LogP contribution is -2.45. The van der Waals surface area contributed by atoms with E-state index in [1.54, 1.807) is 24.3 Å². The second kappa shape index (κ2) is 7.22. The number of hydrogen-bond acceptors (Lipinski definition) is 3. The second-order valence-electron chi connectivity index (χ2n) is 5.42. The molecule has 1 heterocycles. The molecule has 2 N–H and O–H groups in total. The summed E-state index contributed by atoms with van der Waals surface area (Å²) in [6.07, 6.45) is 2.00. The van der Waals surface area contributed by atoms with Gasteiger partial charge in [0, 0.05) is 29.6 Å². The van der Waals surface area contributed by atoms with Crippen LogP contribution in [0.3, 0.4) is 0 Å². The topological polar surface area (TPSA) is 46.3 Å². The Morgan fingerprint density at radius 2 is 2.05 bits per heavy atom. The van der Waals surface area contributed by atoms with Crippen molar-refractivity contribution in [1.82, 2.24) is 4.90 Å². The number of piperidine rings is 1. The maximum absolute atomic E-state index is 12.4. The highest BCUT2D eigenvalue weighted by Crippen LogP contribution is 2.26. The van der Waals surface area contributed by atoms with Crippen LogP contribution in [0.15, 0.2) is 29.2 Å². The first-order valence-corrected chi connectivity index (χ1v) is 7.95. The van der Waals surface area contributed by atoms with Crippen LogP contribution < -0.4 is 5.73 Å². The summed E-state index contributed by atoms with van der Waals surface area (Å²) in [5.74, 6) is -2.16. The van der Waals surface area contributed by atoms with Gasteiger partial charge in [0.2, 0.25) is 0 Å². The highest BCUT2D eigenvalue weighted by atomic mass is 32.2. The molecule has 116 valence electrons. The number of rotatable bonds is 4. The Morgan fingerprint density at radius 1 is 1.38 bits per heavy atom. The van der Waals surface area contributed by atoms with E-state index in [9.17, 15) is 13.6 Å². The highest BCUT2D eigenvalue weighted by molar-refractivity contribution is 7.99. The molecule has 2 atom stereocenters. The van der Waals surface area contributed by atoms with Crippen LogP contribution >= 0.6 is 11.8 Å². The van der Waals surface area contributed by atoms with E-state index in [4.69, 9.17) is 5.73 Å². The largest absolute Gasteiger partial charge is 0.338 e. The van der Waals surface area contributed by atoms with Gasteiger partial charge in [0.1, 0.15) is 0 Å². The lowest BCUT2D eigenvalue weighted by molar-refractivity contribution is 0.0661. The third-order valence-corrected chi connectivity index (χ3v) is 4.54. The number of amides is 1. The molecular formula is C15H20F2N2OS. The summed E-state index contributed by atoms with van der Waals surface area (Å²) < 4.78 is 24.5. The van der Waals surface area contributed by atoms with Crippen LogP contribution in [-0.4, -0.2) is 35.7 Å². The van der Waals surface area contributed by atoms with Crippen LogP contribution in [-0.2, 0) is 0 Å². The van der Waals surface area contributed by atoms with Crippen molar-refractivity contribution in [3.8, 4) is 0 Å². The maximum Gasteiger partial charge on any atom is 0.288 e. The summed E-state index contributed by atoms with van der Waals surface area (Å²) in [7, 11) is 0. The van der Waals surface area contributed by atoms with E-state index < -0.39 is 5.76 Å². The van der Waals surface area contributed by atoms with Crippen molar-refractivity contribution in [1.29, 1.82) is 0 Å². The molecule has 2 unspecified atom stereocenters. The molecule has 1 saturated heterocycles. The Hall–Kier alpha value is -1.14. The van der Waals surface area contributed by atoms with Crippen LogP contribution in [0.5, 0.6) is 0 Å². The molecule has 6 heteroatoms. The zero-order valence-corrected chi connectivity index (χ0v) is 12.8. The Morgan fingerprint density at radius 3 is 2.62 bits per heavy atom. The van der Waals surface area contributed by atoms with Crippen LogP contribution in [0.4, 0.5) is 8.78 Å². The summed E-state index contributed by atoms with van der Waals surface area (Å²) in [6, 6.07) is 6.43. The Bertz CT molecular complexity index is 479. The van der Waals surface area contributed by atoms with Crippen molar-refractivity contribution in [3.05, 3.63) is 29.8 Å². The number of carbonyl (C=O) groups is 1. The molecule has 3 nitrogen and oxygen atoms in total. The lowest BCUT2D eigenvalue weighted by Gasteiger charge is -2.34.